The first-order chi connectivity index (χ1) is 9.17. The Morgan fingerprint density at radius 1 is 1.42 bits per heavy atom. The quantitative estimate of drug-likeness (QED) is 0.869. The second kappa shape index (κ2) is 5.67. The summed E-state index contributed by atoms with van der Waals surface area (Å²) in [5.41, 5.74) is 2.73. The highest BCUT2D eigenvalue weighted by Gasteiger charge is 2.12. The molecule has 98 valence electrons. The fraction of sp³-hybridized carbons (Fsp3) is 0.143. The summed E-state index contributed by atoms with van der Waals surface area (Å²) in [6.45, 7) is 3.58. The summed E-state index contributed by atoms with van der Waals surface area (Å²) < 4.78 is 0. The Morgan fingerprint density at radius 3 is 2.84 bits per heavy atom. The average Bonchev–Trinajstić information content (AvgIpc) is 2.95. The van der Waals surface area contributed by atoms with E-state index in [4.69, 9.17) is 0 Å². The highest BCUT2D eigenvalue weighted by atomic mass is 32.1. The summed E-state index contributed by atoms with van der Waals surface area (Å²) in [6, 6.07) is 9.62. The molecule has 0 atom stereocenters. The van der Waals surface area contributed by atoms with Crippen LogP contribution in [-0.4, -0.2) is 26.7 Å². The molecule has 1 heterocycles. The van der Waals surface area contributed by atoms with Crippen LogP contribution in [0.25, 0.3) is 0 Å². The molecule has 0 aliphatic carbocycles. The van der Waals surface area contributed by atoms with E-state index in [1.165, 1.54) is 11.3 Å². The third-order valence-electron chi connectivity index (χ3n) is 2.84. The highest BCUT2D eigenvalue weighted by molar-refractivity contribution is 7.12. The summed E-state index contributed by atoms with van der Waals surface area (Å²) in [6.07, 6.45) is 0. The Morgan fingerprint density at radius 2 is 2.16 bits per heavy atom. The summed E-state index contributed by atoms with van der Waals surface area (Å²) in [5, 5.41) is 4.57. The Labute approximate surface area is 116 Å². The minimum absolute atomic E-state index is 0.0696. The molecule has 0 aliphatic rings. The Hall–Kier alpha value is -2.14. The van der Waals surface area contributed by atoms with Gasteiger partial charge in [0.1, 0.15) is 0 Å². The summed E-state index contributed by atoms with van der Waals surface area (Å²) in [7, 11) is 3.57. The van der Waals surface area contributed by atoms with Crippen LogP contribution in [0.5, 0.6) is 0 Å². The molecule has 1 aromatic heterocycles. The van der Waals surface area contributed by atoms with Gasteiger partial charge in [-0.05, 0) is 24.9 Å². The highest BCUT2D eigenvalue weighted by Crippen LogP contribution is 2.34. The largest absolute Gasteiger partial charge is 0.354 e. The van der Waals surface area contributed by atoms with E-state index in [-0.39, 0.29) is 5.91 Å². The number of hydrogen-bond acceptors (Lipinski definition) is 4. The molecule has 0 saturated heterocycles. The van der Waals surface area contributed by atoms with Crippen LogP contribution in [0.15, 0.2) is 40.7 Å². The first kappa shape index (κ1) is 13.3. The number of anilines is 2. The molecular formula is C14H15N3OS. The van der Waals surface area contributed by atoms with Gasteiger partial charge in [0, 0.05) is 19.5 Å². The van der Waals surface area contributed by atoms with Crippen molar-refractivity contribution in [3.63, 3.8) is 0 Å². The Balaban J connectivity index is 2.33. The number of nitrogens with one attached hydrogen (secondary N) is 1. The van der Waals surface area contributed by atoms with Gasteiger partial charge < -0.3 is 10.2 Å². The van der Waals surface area contributed by atoms with E-state index in [0.717, 1.165) is 17.1 Å². The smallest absolute Gasteiger partial charge is 0.261 e. The van der Waals surface area contributed by atoms with Crippen LogP contribution >= 0.6 is 11.3 Å². The molecular weight excluding hydrogens is 258 g/mol. The number of benzene rings is 1. The molecule has 0 radical (unpaired) electrons. The van der Waals surface area contributed by atoms with Crippen molar-refractivity contribution in [2.75, 3.05) is 19.0 Å². The van der Waals surface area contributed by atoms with Gasteiger partial charge in [-0.3, -0.25) is 9.79 Å². The maximum atomic E-state index is 11.6. The van der Waals surface area contributed by atoms with E-state index in [1.807, 2.05) is 47.7 Å². The lowest BCUT2D eigenvalue weighted by molar-refractivity contribution is 0.0967. The number of carbonyl (C=O) groups excluding carboxylic acids is 1. The van der Waals surface area contributed by atoms with Crippen LogP contribution in [-0.2, 0) is 0 Å². The number of rotatable bonds is 4. The summed E-state index contributed by atoms with van der Waals surface area (Å²) >= 11 is 1.42. The molecule has 0 saturated carbocycles. The maximum Gasteiger partial charge on any atom is 0.261 e. The van der Waals surface area contributed by atoms with Gasteiger partial charge in [-0.1, -0.05) is 12.1 Å². The molecule has 0 bridgehead atoms. The number of aliphatic imine (C=N–C) groups is 1. The van der Waals surface area contributed by atoms with Crippen molar-refractivity contribution < 1.29 is 4.79 Å². The standard InChI is InChI=1S/C14H15N3OS/c1-15-11-6-4-5-7-12(11)17(3)10-8-13(19-9-10)14(18)16-2/h4-9H,1H2,2-3H3,(H,16,18). The Kier molecular flexibility index (Phi) is 3.97. The van der Waals surface area contributed by atoms with E-state index in [2.05, 4.69) is 17.0 Å². The second-order valence-corrected chi connectivity index (χ2v) is 4.87. The zero-order valence-corrected chi connectivity index (χ0v) is 11.7. The van der Waals surface area contributed by atoms with Gasteiger partial charge in [0.15, 0.2) is 0 Å². The summed E-state index contributed by atoms with van der Waals surface area (Å²) in [4.78, 5) is 18.3. The van der Waals surface area contributed by atoms with Crippen LogP contribution < -0.4 is 10.2 Å². The lowest BCUT2D eigenvalue weighted by Crippen LogP contribution is -2.16. The van der Waals surface area contributed by atoms with Crippen LogP contribution in [0.3, 0.4) is 0 Å². The van der Waals surface area contributed by atoms with Crippen molar-refractivity contribution >= 4 is 41.0 Å². The third kappa shape index (κ3) is 2.66. The average molecular weight is 273 g/mol. The lowest BCUT2D eigenvalue weighted by Gasteiger charge is -2.19. The van der Waals surface area contributed by atoms with Crippen LogP contribution in [0.2, 0.25) is 0 Å². The van der Waals surface area contributed by atoms with E-state index >= 15 is 0 Å². The van der Waals surface area contributed by atoms with Gasteiger partial charge in [-0.25, -0.2) is 0 Å². The van der Waals surface area contributed by atoms with Crippen LogP contribution in [0.4, 0.5) is 17.1 Å². The number of carbonyl (C=O) groups is 1. The zero-order valence-electron chi connectivity index (χ0n) is 10.9. The molecule has 0 unspecified atom stereocenters. The number of para-hydroxylation sites is 2. The van der Waals surface area contributed by atoms with Gasteiger partial charge in [0.2, 0.25) is 0 Å². The third-order valence-corrected chi connectivity index (χ3v) is 3.75. The van der Waals surface area contributed by atoms with Crippen LogP contribution in [0, 0.1) is 0 Å². The van der Waals surface area contributed by atoms with Crippen LogP contribution in [0.1, 0.15) is 9.67 Å². The predicted molar refractivity (Wildman–Crippen MR) is 81.4 cm³/mol. The predicted octanol–water partition coefficient (Wildman–Crippen LogP) is 3.21. The first-order valence-corrected chi connectivity index (χ1v) is 6.65. The second-order valence-electron chi connectivity index (χ2n) is 3.95. The molecule has 1 aromatic carbocycles. The van der Waals surface area contributed by atoms with Crippen molar-refractivity contribution in [1.82, 2.24) is 5.32 Å². The van der Waals surface area contributed by atoms with Gasteiger partial charge in [-0.2, -0.15) is 0 Å². The van der Waals surface area contributed by atoms with E-state index in [1.54, 1.807) is 7.05 Å². The van der Waals surface area contributed by atoms with Gasteiger partial charge >= 0.3 is 0 Å². The minimum Gasteiger partial charge on any atom is -0.354 e. The molecule has 0 fully saturated rings. The molecule has 5 heteroatoms. The molecule has 4 nitrogen and oxygen atoms in total. The van der Waals surface area contributed by atoms with E-state index < -0.39 is 0 Å². The SMILES string of the molecule is C=Nc1ccccc1N(C)c1csc(C(=O)NC)c1. The minimum atomic E-state index is -0.0696. The van der Waals surface area contributed by atoms with Crippen molar-refractivity contribution in [3.05, 3.63) is 40.6 Å². The molecule has 2 rings (SSSR count). The maximum absolute atomic E-state index is 11.6. The van der Waals surface area contributed by atoms with Gasteiger partial charge in [0.25, 0.3) is 5.91 Å². The molecule has 1 amide bonds. The normalized spacial score (nSPS) is 10.0. The number of nitrogens with zero attached hydrogens (tertiary/aromatic N) is 2. The Bertz CT molecular complexity index is 606. The van der Waals surface area contributed by atoms with Crippen molar-refractivity contribution in [3.8, 4) is 0 Å². The monoisotopic (exact) mass is 273 g/mol. The van der Waals surface area contributed by atoms with Crippen molar-refractivity contribution in [1.29, 1.82) is 0 Å². The van der Waals surface area contributed by atoms with E-state index in [0.29, 0.717) is 4.88 Å². The van der Waals surface area contributed by atoms with Crippen molar-refractivity contribution in [2.24, 2.45) is 4.99 Å². The number of thiophene rings is 1. The topological polar surface area (TPSA) is 44.7 Å². The number of amides is 1. The zero-order chi connectivity index (χ0) is 13.8. The number of hydrogen-bond donors (Lipinski definition) is 1. The molecule has 19 heavy (non-hydrogen) atoms. The fourth-order valence-corrected chi connectivity index (χ4v) is 2.64. The molecule has 2 aromatic rings. The molecule has 1 N–H and O–H groups in total. The van der Waals surface area contributed by atoms with Crippen molar-refractivity contribution in [2.45, 2.75) is 0 Å². The fourth-order valence-electron chi connectivity index (χ4n) is 1.76. The lowest BCUT2D eigenvalue weighted by atomic mass is 10.2. The van der Waals surface area contributed by atoms with Gasteiger partial charge in [0.05, 0.1) is 21.9 Å². The molecule has 0 aliphatic heterocycles. The first-order valence-electron chi connectivity index (χ1n) is 5.77. The van der Waals surface area contributed by atoms with E-state index in [9.17, 15) is 4.79 Å². The summed E-state index contributed by atoms with van der Waals surface area (Å²) in [5.74, 6) is -0.0696. The molecule has 0 spiro atoms. The van der Waals surface area contributed by atoms with Gasteiger partial charge in [-0.15, -0.1) is 11.3 Å².